The first kappa shape index (κ1) is 14.1. The summed E-state index contributed by atoms with van der Waals surface area (Å²) in [5.74, 6) is 0.427. The molecule has 0 unspecified atom stereocenters. The van der Waals surface area contributed by atoms with Crippen molar-refractivity contribution in [1.29, 1.82) is 5.26 Å². The third-order valence-electron chi connectivity index (χ3n) is 4.82. The monoisotopic (exact) mass is 286 g/mol. The van der Waals surface area contributed by atoms with Gasteiger partial charge in [0, 0.05) is 31.1 Å². The summed E-state index contributed by atoms with van der Waals surface area (Å²) in [6.07, 6.45) is 8.45. The van der Waals surface area contributed by atoms with Gasteiger partial charge in [-0.2, -0.15) is 10.4 Å². The zero-order valence-electron chi connectivity index (χ0n) is 12.6. The smallest absolute Gasteiger partial charge is 0.257 e. The first-order valence-electron chi connectivity index (χ1n) is 7.91. The van der Waals surface area contributed by atoms with Crippen LogP contribution in [-0.2, 0) is 0 Å². The van der Waals surface area contributed by atoms with Crippen molar-refractivity contribution in [3.63, 3.8) is 0 Å². The van der Waals surface area contributed by atoms with E-state index >= 15 is 0 Å². The van der Waals surface area contributed by atoms with Crippen LogP contribution in [0, 0.1) is 24.2 Å². The number of amides is 1. The van der Waals surface area contributed by atoms with Crippen molar-refractivity contribution in [1.82, 2.24) is 14.7 Å². The van der Waals surface area contributed by atoms with Gasteiger partial charge in [-0.1, -0.05) is 19.3 Å². The Morgan fingerprint density at radius 1 is 1.38 bits per heavy atom. The molecule has 1 amide bonds. The van der Waals surface area contributed by atoms with Crippen molar-refractivity contribution < 1.29 is 4.79 Å². The number of aromatic nitrogens is 2. The molecule has 0 bridgehead atoms. The zero-order valence-corrected chi connectivity index (χ0v) is 12.6. The Morgan fingerprint density at radius 3 is 2.76 bits per heavy atom. The van der Waals surface area contributed by atoms with Gasteiger partial charge < -0.3 is 4.90 Å². The van der Waals surface area contributed by atoms with E-state index in [1.54, 1.807) is 6.20 Å². The van der Waals surface area contributed by atoms with Crippen LogP contribution < -0.4 is 0 Å². The third-order valence-corrected chi connectivity index (χ3v) is 4.82. The SMILES string of the molecule is Cc1c(C(=O)N2CC(CC#N)C2)cnn1C1CCCCC1. The van der Waals surface area contributed by atoms with E-state index in [4.69, 9.17) is 5.26 Å². The van der Waals surface area contributed by atoms with E-state index in [9.17, 15) is 4.79 Å². The summed E-state index contributed by atoms with van der Waals surface area (Å²) in [5.41, 5.74) is 1.73. The number of nitrogens with zero attached hydrogens (tertiary/aromatic N) is 4. The lowest BCUT2D eigenvalue weighted by Gasteiger charge is -2.38. The minimum Gasteiger partial charge on any atom is -0.338 e. The maximum Gasteiger partial charge on any atom is 0.257 e. The molecule has 0 spiro atoms. The molecule has 112 valence electrons. The molecule has 0 aromatic carbocycles. The fourth-order valence-electron chi connectivity index (χ4n) is 3.49. The molecule has 0 radical (unpaired) electrons. The quantitative estimate of drug-likeness (QED) is 0.858. The predicted octanol–water partition coefficient (Wildman–Crippen LogP) is 2.68. The number of carbonyl (C=O) groups is 1. The van der Waals surface area contributed by atoms with Crippen molar-refractivity contribution in [3.05, 3.63) is 17.5 Å². The molecule has 5 heteroatoms. The van der Waals surface area contributed by atoms with Crippen molar-refractivity contribution in [3.8, 4) is 6.07 Å². The molecule has 1 aliphatic heterocycles. The van der Waals surface area contributed by atoms with Crippen LogP contribution in [0.2, 0.25) is 0 Å². The summed E-state index contributed by atoms with van der Waals surface area (Å²) in [4.78, 5) is 14.3. The third kappa shape index (κ3) is 2.67. The van der Waals surface area contributed by atoms with Gasteiger partial charge in [-0.25, -0.2) is 0 Å². The number of carbonyl (C=O) groups excluding carboxylic acids is 1. The predicted molar refractivity (Wildman–Crippen MR) is 78.7 cm³/mol. The van der Waals surface area contributed by atoms with Crippen LogP contribution in [0.1, 0.15) is 60.6 Å². The van der Waals surface area contributed by atoms with E-state index in [0.717, 1.165) is 11.3 Å². The summed E-state index contributed by atoms with van der Waals surface area (Å²) in [5, 5.41) is 13.1. The Labute approximate surface area is 125 Å². The zero-order chi connectivity index (χ0) is 14.8. The molecule has 2 fully saturated rings. The number of hydrogen-bond donors (Lipinski definition) is 0. The summed E-state index contributed by atoms with van der Waals surface area (Å²) < 4.78 is 2.05. The second kappa shape index (κ2) is 5.88. The minimum absolute atomic E-state index is 0.0729. The second-order valence-corrected chi connectivity index (χ2v) is 6.32. The van der Waals surface area contributed by atoms with Crippen molar-refractivity contribution in [2.24, 2.45) is 5.92 Å². The van der Waals surface area contributed by atoms with Gasteiger partial charge in [0.2, 0.25) is 0 Å². The molecule has 0 N–H and O–H groups in total. The van der Waals surface area contributed by atoms with E-state index in [-0.39, 0.29) is 5.91 Å². The molecule has 3 rings (SSSR count). The lowest BCUT2D eigenvalue weighted by molar-refractivity contribution is 0.0507. The summed E-state index contributed by atoms with van der Waals surface area (Å²) in [7, 11) is 0. The standard InChI is InChI=1S/C16H22N4O/c1-12-15(16(21)19-10-13(11-19)7-8-17)9-18-20(12)14-5-3-2-4-6-14/h9,13-14H,2-7,10-11H2,1H3. The van der Waals surface area contributed by atoms with E-state index in [1.807, 2.05) is 11.8 Å². The first-order valence-corrected chi connectivity index (χ1v) is 7.91. The van der Waals surface area contributed by atoms with Gasteiger partial charge in [0.05, 0.1) is 23.9 Å². The normalized spacial score (nSPS) is 20.1. The van der Waals surface area contributed by atoms with Crippen molar-refractivity contribution in [2.75, 3.05) is 13.1 Å². The van der Waals surface area contributed by atoms with Gasteiger partial charge in [-0.05, 0) is 19.8 Å². The molecule has 1 saturated carbocycles. The number of nitriles is 1. The first-order chi connectivity index (χ1) is 10.2. The number of hydrogen-bond acceptors (Lipinski definition) is 3. The minimum atomic E-state index is 0.0729. The highest BCUT2D eigenvalue weighted by Crippen LogP contribution is 2.30. The number of rotatable bonds is 3. The maximum atomic E-state index is 12.5. The van der Waals surface area contributed by atoms with Crippen molar-refractivity contribution in [2.45, 2.75) is 51.5 Å². The van der Waals surface area contributed by atoms with E-state index in [0.29, 0.717) is 31.5 Å². The van der Waals surface area contributed by atoms with Gasteiger partial charge in [0.1, 0.15) is 0 Å². The molecule has 2 aliphatic rings. The lowest BCUT2D eigenvalue weighted by atomic mass is 9.95. The van der Waals surface area contributed by atoms with Gasteiger partial charge in [-0.15, -0.1) is 0 Å². The lowest BCUT2D eigenvalue weighted by Crippen LogP contribution is -2.49. The van der Waals surface area contributed by atoms with E-state index < -0.39 is 0 Å². The van der Waals surface area contributed by atoms with Gasteiger partial charge in [0.15, 0.2) is 0 Å². The van der Waals surface area contributed by atoms with E-state index in [2.05, 4.69) is 15.8 Å². The van der Waals surface area contributed by atoms with Crippen LogP contribution in [0.15, 0.2) is 6.20 Å². The van der Waals surface area contributed by atoms with Crippen molar-refractivity contribution >= 4 is 5.91 Å². The largest absolute Gasteiger partial charge is 0.338 e. The molecule has 1 aromatic rings. The van der Waals surface area contributed by atoms with Gasteiger partial charge in [-0.3, -0.25) is 9.48 Å². The Kier molecular flexibility index (Phi) is 3.96. The maximum absolute atomic E-state index is 12.5. The van der Waals surface area contributed by atoms with Crippen LogP contribution in [0.5, 0.6) is 0 Å². The number of likely N-dealkylation sites (tertiary alicyclic amines) is 1. The Hall–Kier alpha value is -1.83. The molecule has 21 heavy (non-hydrogen) atoms. The highest BCUT2D eigenvalue weighted by Gasteiger charge is 2.33. The Bertz CT molecular complexity index is 559. The van der Waals surface area contributed by atoms with Crippen LogP contribution in [0.25, 0.3) is 0 Å². The molecular formula is C16H22N4O. The summed E-state index contributed by atoms with van der Waals surface area (Å²) in [6.45, 7) is 3.42. The summed E-state index contributed by atoms with van der Waals surface area (Å²) >= 11 is 0. The molecule has 1 saturated heterocycles. The van der Waals surface area contributed by atoms with Gasteiger partial charge >= 0.3 is 0 Å². The topological polar surface area (TPSA) is 61.9 Å². The fraction of sp³-hybridized carbons (Fsp3) is 0.688. The molecule has 5 nitrogen and oxygen atoms in total. The fourth-order valence-corrected chi connectivity index (χ4v) is 3.49. The molecule has 0 atom stereocenters. The average Bonchev–Trinajstić information content (AvgIpc) is 2.84. The van der Waals surface area contributed by atoms with E-state index in [1.165, 1.54) is 32.1 Å². The van der Waals surface area contributed by atoms with Crippen LogP contribution in [0.4, 0.5) is 0 Å². The second-order valence-electron chi connectivity index (χ2n) is 6.32. The highest BCUT2D eigenvalue weighted by molar-refractivity contribution is 5.95. The highest BCUT2D eigenvalue weighted by atomic mass is 16.2. The molecule has 1 aromatic heterocycles. The Balaban J connectivity index is 1.68. The van der Waals surface area contributed by atoms with Crippen LogP contribution in [0.3, 0.4) is 0 Å². The molecular weight excluding hydrogens is 264 g/mol. The molecule has 2 heterocycles. The molecule has 1 aliphatic carbocycles. The summed E-state index contributed by atoms with van der Waals surface area (Å²) in [6, 6.07) is 2.63. The van der Waals surface area contributed by atoms with Crippen LogP contribution >= 0.6 is 0 Å². The van der Waals surface area contributed by atoms with Gasteiger partial charge in [0.25, 0.3) is 5.91 Å². The average molecular weight is 286 g/mol. The van der Waals surface area contributed by atoms with Crippen LogP contribution in [-0.4, -0.2) is 33.7 Å². The Morgan fingerprint density at radius 2 is 2.10 bits per heavy atom.